The average molecular weight is 627 g/mol. The van der Waals surface area contributed by atoms with Crippen molar-refractivity contribution in [2.75, 3.05) is 36.8 Å². The predicted octanol–water partition coefficient (Wildman–Crippen LogP) is 6.87. The van der Waals surface area contributed by atoms with E-state index >= 15 is 0 Å². The van der Waals surface area contributed by atoms with Crippen molar-refractivity contribution in [1.29, 1.82) is 0 Å². The Morgan fingerprint density at radius 3 is 1.09 bits per heavy atom. The first-order valence-corrected chi connectivity index (χ1v) is 17.8. The maximum atomic E-state index is 13.0. The van der Waals surface area contributed by atoms with Gasteiger partial charge in [0.05, 0.1) is 0 Å². The number of hydrogen-bond acceptors (Lipinski definition) is 4. The number of carbonyl (C=O) groups is 4. The lowest BCUT2D eigenvalue weighted by Crippen LogP contribution is -2.44. The molecule has 2 aromatic rings. The Morgan fingerprint density at radius 2 is 0.761 bits per heavy atom. The molecule has 2 aromatic carbocycles. The van der Waals surface area contributed by atoms with Crippen LogP contribution in [0.25, 0.3) is 11.1 Å². The highest BCUT2D eigenvalue weighted by Crippen LogP contribution is 2.30. The van der Waals surface area contributed by atoms with Crippen LogP contribution >= 0.6 is 0 Å². The standard InChI is InChI=1S/C38H50N4O4/c43-35(29-19-23-41(24-20-29)37(45)31-7-3-1-4-8-31)39-33-15-11-27(12-16-33)28-13-17-34(18-14-28)40-36(44)30-21-25-42(26-22-30)38(46)32-9-5-2-6-10-32/h11-18,29-32H,1-10,19-26H2,(H,39,43)(H,40,44). The molecule has 0 unspecified atom stereocenters. The zero-order valence-electron chi connectivity index (χ0n) is 27.2. The van der Waals surface area contributed by atoms with Crippen molar-refractivity contribution >= 4 is 35.0 Å². The van der Waals surface area contributed by atoms with Gasteiger partial charge in [-0.15, -0.1) is 0 Å². The number of nitrogens with one attached hydrogen (secondary N) is 2. The predicted molar refractivity (Wildman–Crippen MR) is 181 cm³/mol. The van der Waals surface area contributed by atoms with Gasteiger partial charge in [0, 0.05) is 61.2 Å². The fourth-order valence-corrected chi connectivity index (χ4v) is 7.92. The van der Waals surface area contributed by atoms with Crippen LogP contribution in [0.1, 0.15) is 89.9 Å². The van der Waals surface area contributed by atoms with Crippen LogP contribution in [0.4, 0.5) is 11.4 Å². The highest BCUT2D eigenvalue weighted by atomic mass is 16.2. The van der Waals surface area contributed by atoms with E-state index in [1.807, 2.05) is 58.3 Å². The second kappa shape index (κ2) is 15.3. The van der Waals surface area contributed by atoms with Crippen molar-refractivity contribution in [3.05, 3.63) is 48.5 Å². The number of nitrogens with zero attached hydrogens (tertiary/aromatic N) is 2. The summed E-state index contributed by atoms with van der Waals surface area (Å²) >= 11 is 0. The third-order valence-electron chi connectivity index (χ3n) is 10.9. The van der Waals surface area contributed by atoms with Gasteiger partial charge in [-0.25, -0.2) is 0 Å². The van der Waals surface area contributed by atoms with Crippen molar-refractivity contribution in [2.24, 2.45) is 23.7 Å². The first-order chi connectivity index (χ1) is 22.4. The fourth-order valence-electron chi connectivity index (χ4n) is 7.92. The number of anilines is 2. The van der Waals surface area contributed by atoms with Gasteiger partial charge < -0.3 is 20.4 Å². The van der Waals surface area contributed by atoms with Gasteiger partial charge in [0.25, 0.3) is 0 Å². The summed E-state index contributed by atoms with van der Waals surface area (Å²) in [6.45, 7) is 2.68. The molecule has 8 nitrogen and oxygen atoms in total. The highest BCUT2D eigenvalue weighted by molar-refractivity contribution is 5.94. The Morgan fingerprint density at radius 1 is 0.435 bits per heavy atom. The Hall–Kier alpha value is -3.68. The molecule has 0 spiro atoms. The number of likely N-dealkylation sites (tertiary alicyclic amines) is 2. The van der Waals surface area contributed by atoms with Crippen molar-refractivity contribution < 1.29 is 19.2 Å². The summed E-state index contributed by atoms with van der Waals surface area (Å²) < 4.78 is 0. The molecule has 2 saturated carbocycles. The molecule has 2 heterocycles. The molecule has 2 N–H and O–H groups in total. The van der Waals surface area contributed by atoms with E-state index in [2.05, 4.69) is 10.6 Å². The second-order valence-electron chi connectivity index (χ2n) is 14.0. The number of hydrogen-bond donors (Lipinski definition) is 2. The molecule has 8 heteroatoms. The zero-order valence-corrected chi connectivity index (χ0v) is 27.2. The molecule has 0 aromatic heterocycles. The van der Waals surface area contributed by atoms with Gasteiger partial charge in [0.15, 0.2) is 0 Å². The van der Waals surface area contributed by atoms with Crippen LogP contribution in [0.15, 0.2) is 48.5 Å². The molecule has 4 aliphatic rings. The minimum Gasteiger partial charge on any atom is -0.342 e. The number of piperidine rings is 2. The minimum atomic E-state index is -0.0746. The Labute approximate surface area is 273 Å². The lowest BCUT2D eigenvalue weighted by atomic mass is 9.87. The van der Waals surface area contributed by atoms with Crippen molar-refractivity contribution in [3.63, 3.8) is 0 Å². The van der Waals surface area contributed by atoms with Gasteiger partial charge in [-0.2, -0.15) is 0 Å². The molecule has 2 saturated heterocycles. The topological polar surface area (TPSA) is 98.8 Å². The van der Waals surface area contributed by atoms with E-state index in [0.29, 0.717) is 63.7 Å². The van der Waals surface area contributed by atoms with Crippen LogP contribution in [0.2, 0.25) is 0 Å². The SMILES string of the molecule is O=C(Nc1ccc(-c2ccc(NC(=O)C3CCN(C(=O)C4CCCCC4)CC3)cc2)cc1)C1CCN(C(=O)C2CCCCC2)CC1. The van der Waals surface area contributed by atoms with Gasteiger partial charge in [-0.05, 0) is 86.8 Å². The van der Waals surface area contributed by atoms with Crippen LogP contribution < -0.4 is 10.6 Å². The summed E-state index contributed by atoms with van der Waals surface area (Å²) in [6, 6.07) is 15.7. The molecule has 2 aliphatic carbocycles. The molecule has 0 atom stereocenters. The molecular weight excluding hydrogens is 576 g/mol. The normalized spacial score (nSPS) is 20.7. The fraction of sp³-hybridized carbons (Fsp3) is 0.579. The van der Waals surface area contributed by atoms with Gasteiger partial charge in [-0.3, -0.25) is 19.2 Å². The summed E-state index contributed by atoms with van der Waals surface area (Å²) in [5.41, 5.74) is 3.59. The van der Waals surface area contributed by atoms with Crippen LogP contribution in [0.5, 0.6) is 0 Å². The third kappa shape index (κ3) is 7.99. The number of rotatable bonds is 7. The maximum Gasteiger partial charge on any atom is 0.227 e. The van der Waals surface area contributed by atoms with Crippen molar-refractivity contribution in [3.8, 4) is 11.1 Å². The van der Waals surface area contributed by atoms with E-state index in [1.165, 1.54) is 12.8 Å². The minimum absolute atomic E-state index is 0.0269. The largest absolute Gasteiger partial charge is 0.342 e. The molecule has 246 valence electrons. The maximum absolute atomic E-state index is 13.0. The van der Waals surface area contributed by atoms with Gasteiger partial charge in [-0.1, -0.05) is 62.8 Å². The third-order valence-corrected chi connectivity index (χ3v) is 10.9. The Balaban J connectivity index is 0.933. The van der Waals surface area contributed by atoms with Gasteiger partial charge >= 0.3 is 0 Å². The summed E-state index contributed by atoms with van der Waals surface area (Å²) in [4.78, 5) is 55.7. The van der Waals surface area contributed by atoms with Gasteiger partial charge in [0.1, 0.15) is 0 Å². The van der Waals surface area contributed by atoms with E-state index in [4.69, 9.17) is 0 Å². The monoisotopic (exact) mass is 626 g/mol. The summed E-state index contributed by atoms with van der Waals surface area (Å²) in [5, 5.41) is 6.15. The van der Waals surface area contributed by atoms with Gasteiger partial charge in [0.2, 0.25) is 23.6 Å². The average Bonchev–Trinajstić information content (AvgIpc) is 3.12. The first-order valence-electron chi connectivity index (χ1n) is 17.8. The second-order valence-corrected chi connectivity index (χ2v) is 14.0. The number of amides is 4. The Bertz CT molecular complexity index is 1240. The number of benzene rings is 2. The lowest BCUT2D eigenvalue weighted by molar-refractivity contribution is -0.139. The number of carbonyl (C=O) groups excluding carboxylic acids is 4. The first kappa shape index (κ1) is 32.3. The van der Waals surface area contributed by atoms with E-state index in [0.717, 1.165) is 73.9 Å². The smallest absolute Gasteiger partial charge is 0.227 e. The van der Waals surface area contributed by atoms with Crippen LogP contribution in [-0.4, -0.2) is 59.6 Å². The van der Waals surface area contributed by atoms with Crippen LogP contribution in [0.3, 0.4) is 0 Å². The summed E-state index contributed by atoms with van der Waals surface area (Å²) in [7, 11) is 0. The van der Waals surface area contributed by atoms with E-state index < -0.39 is 0 Å². The quantitative estimate of drug-likeness (QED) is 0.351. The van der Waals surface area contributed by atoms with Crippen LogP contribution in [0, 0.1) is 23.7 Å². The van der Waals surface area contributed by atoms with Crippen molar-refractivity contribution in [1.82, 2.24) is 9.80 Å². The van der Waals surface area contributed by atoms with E-state index in [-0.39, 0.29) is 35.5 Å². The molecule has 4 amide bonds. The summed E-state index contributed by atoms with van der Waals surface area (Å²) in [5.74, 6) is 0.866. The molecule has 0 radical (unpaired) electrons. The van der Waals surface area contributed by atoms with Crippen molar-refractivity contribution in [2.45, 2.75) is 89.9 Å². The van der Waals surface area contributed by atoms with E-state index in [1.54, 1.807) is 0 Å². The highest BCUT2D eigenvalue weighted by Gasteiger charge is 2.33. The molecule has 6 rings (SSSR count). The molecule has 0 bridgehead atoms. The molecule has 46 heavy (non-hydrogen) atoms. The zero-order chi connectivity index (χ0) is 31.9. The summed E-state index contributed by atoms with van der Waals surface area (Å²) in [6.07, 6.45) is 14.0. The molecule has 2 aliphatic heterocycles. The van der Waals surface area contributed by atoms with Crippen LogP contribution in [-0.2, 0) is 19.2 Å². The van der Waals surface area contributed by atoms with E-state index in [9.17, 15) is 19.2 Å². The molecular formula is C38H50N4O4. The lowest BCUT2D eigenvalue weighted by Gasteiger charge is -2.34. The Kier molecular flexibility index (Phi) is 10.7. The molecule has 4 fully saturated rings.